The van der Waals surface area contributed by atoms with Crippen molar-refractivity contribution in [2.45, 2.75) is 19.1 Å². The van der Waals surface area contributed by atoms with E-state index in [1.54, 1.807) is 26.1 Å². The van der Waals surface area contributed by atoms with Crippen LogP contribution in [0.15, 0.2) is 36.4 Å². The van der Waals surface area contributed by atoms with Gasteiger partial charge >= 0.3 is 6.18 Å². The summed E-state index contributed by atoms with van der Waals surface area (Å²) < 4.78 is 38.1. The Hall–Kier alpha value is -2.81. The summed E-state index contributed by atoms with van der Waals surface area (Å²) in [6, 6.07) is 7.25. The number of nitrogens with one attached hydrogen (secondary N) is 3. The van der Waals surface area contributed by atoms with E-state index in [2.05, 4.69) is 21.2 Å². The maximum Gasteiger partial charge on any atom is 0.416 e. The average Bonchev–Trinajstić information content (AvgIpc) is 2.58. The molecule has 1 unspecified atom stereocenters. The van der Waals surface area contributed by atoms with E-state index >= 15 is 0 Å². The van der Waals surface area contributed by atoms with Crippen LogP contribution >= 0.6 is 0 Å². The fourth-order valence-electron chi connectivity index (χ4n) is 2.14. The van der Waals surface area contributed by atoms with Crippen LogP contribution in [0, 0.1) is 0 Å². The first-order valence-corrected chi connectivity index (χ1v) is 7.40. The van der Waals surface area contributed by atoms with Gasteiger partial charge in [-0.05, 0) is 31.2 Å². The van der Waals surface area contributed by atoms with Gasteiger partial charge in [0.05, 0.1) is 5.56 Å². The Bertz CT molecular complexity index is 762. The molecule has 0 aliphatic carbocycles. The van der Waals surface area contributed by atoms with Gasteiger partial charge in [0.25, 0.3) is 5.91 Å². The predicted molar refractivity (Wildman–Crippen MR) is 88.9 cm³/mol. The van der Waals surface area contributed by atoms with Crippen molar-refractivity contribution < 1.29 is 18.0 Å². The van der Waals surface area contributed by atoms with Crippen LogP contribution in [0.1, 0.15) is 34.5 Å². The molecule has 0 saturated carbocycles. The monoisotopic (exact) mass is 353 g/mol. The number of benzene rings is 1. The highest BCUT2D eigenvalue weighted by Crippen LogP contribution is 2.29. The summed E-state index contributed by atoms with van der Waals surface area (Å²) >= 11 is 0. The van der Waals surface area contributed by atoms with Crippen molar-refractivity contribution in [3.63, 3.8) is 0 Å². The van der Waals surface area contributed by atoms with Crippen LogP contribution in [0.3, 0.4) is 0 Å². The first-order valence-electron chi connectivity index (χ1n) is 7.40. The number of nitrogens with two attached hydrogens (primary N) is 1. The van der Waals surface area contributed by atoms with Gasteiger partial charge in [-0.1, -0.05) is 12.1 Å². The second-order valence-corrected chi connectivity index (χ2v) is 5.33. The Morgan fingerprint density at radius 3 is 2.56 bits per heavy atom. The molecule has 0 saturated heterocycles. The minimum Gasteiger partial charge on any atom is -0.373 e. The highest BCUT2D eigenvalue weighted by atomic mass is 19.4. The lowest BCUT2D eigenvalue weighted by Gasteiger charge is -2.14. The summed E-state index contributed by atoms with van der Waals surface area (Å²) in [7, 11) is 1.68. The smallest absolute Gasteiger partial charge is 0.373 e. The number of hydrogen-bond acceptors (Lipinski definition) is 5. The van der Waals surface area contributed by atoms with Crippen LogP contribution in [-0.2, 0) is 6.18 Å². The molecule has 0 radical (unpaired) electrons. The Labute approximate surface area is 142 Å². The van der Waals surface area contributed by atoms with E-state index in [9.17, 15) is 18.0 Å². The summed E-state index contributed by atoms with van der Waals surface area (Å²) in [4.78, 5) is 16.3. The van der Waals surface area contributed by atoms with E-state index in [1.807, 2.05) is 0 Å². The molecular formula is C16H18F3N5O. The highest BCUT2D eigenvalue weighted by molar-refractivity contribution is 5.95. The molecule has 2 aromatic rings. The number of amides is 1. The number of alkyl halides is 3. The van der Waals surface area contributed by atoms with Gasteiger partial charge in [-0.2, -0.15) is 13.2 Å². The van der Waals surface area contributed by atoms with Crippen molar-refractivity contribution in [1.29, 1.82) is 0 Å². The van der Waals surface area contributed by atoms with Gasteiger partial charge in [0.1, 0.15) is 11.6 Å². The first-order chi connectivity index (χ1) is 11.7. The number of nitrogens with zero attached hydrogens (tertiary/aromatic N) is 1. The van der Waals surface area contributed by atoms with Crippen LogP contribution in [-0.4, -0.2) is 17.9 Å². The largest absolute Gasteiger partial charge is 0.416 e. The van der Waals surface area contributed by atoms with Gasteiger partial charge in [0.2, 0.25) is 0 Å². The lowest BCUT2D eigenvalue weighted by molar-refractivity contribution is -0.137. The third-order valence-corrected chi connectivity index (χ3v) is 3.41. The minimum atomic E-state index is -4.51. The molecule has 0 spiro atoms. The molecule has 0 aliphatic rings. The molecule has 1 heterocycles. The fraction of sp³-hybridized carbons (Fsp3) is 0.250. The Kier molecular flexibility index (Phi) is 5.48. The Morgan fingerprint density at radius 1 is 1.24 bits per heavy atom. The van der Waals surface area contributed by atoms with Crippen molar-refractivity contribution >= 4 is 17.5 Å². The average molecular weight is 353 g/mol. The molecule has 5 N–H and O–H groups in total. The van der Waals surface area contributed by atoms with Crippen LogP contribution in [0.4, 0.5) is 24.8 Å². The topological polar surface area (TPSA) is 92.1 Å². The Morgan fingerprint density at radius 2 is 1.96 bits per heavy atom. The molecule has 6 nitrogen and oxygen atoms in total. The van der Waals surface area contributed by atoms with Crippen molar-refractivity contribution in [1.82, 2.24) is 10.4 Å². The zero-order valence-corrected chi connectivity index (χ0v) is 13.6. The maximum atomic E-state index is 12.7. The highest BCUT2D eigenvalue weighted by Gasteiger charge is 2.30. The molecule has 0 aliphatic heterocycles. The molecule has 2 rings (SSSR count). The summed E-state index contributed by atoms with van der Waals surface area (Å²) in [5.41, 5.74) is 10.5. The SMILES string of the molecule is CNc1nc(NNC(=O)c2cccc(C(F)(F)F)c2)ccc1C(C)N. The molecule has 134 valence electrons. The van der Waals surface area contributed by atoms with Crippen LogP contribution in [0.25, 0.3) is 0 Å². The number of hydrogen-bond donors (Lipinski definition) is 4. The molecule has 1 amide bonds. The lowest BCUT2D eigenvalue weighted by atomic mass is 10.1. The van der Waals surface area contributed by atoms with Crippen LogP contribution < -0.4 is 21.9 Å². The molecule has 0 fully saturated rings. The molecular weight excluding hydrogens is 335 g/mol. The van der Waals surface area contributed by atoms with Crippen molar-refractivity contribution in [3.8, 4) is 0 Å². The van der Waals surface area contributed by atoms with Crippen LogP contribution in [0.5, 0.6) is 0 Å². The normalized spacial score (nSPS) is 12.4. The van der Waals surface area contributed by atoms with Gasteiger partial charge in [0.15, 0.2) is 0 Å². The zero-order chi connectivity index (χ0) is 18.6. The van der Waals surface area contributed by atoms with E-state index in [1.165, 1.54) is 12.1 Å². The van der Waals surface area contributed by atoms with Crippen molar-refractivity contribution in [2.75, 3.05) is 17.8 Å². The summed E-state index contributed by atoms with van der Waals surface area (Å²) in [5.74, 6) is 0.137. The predicted octanol–water partition coefficient (Wildman–Crippen LogP) is 2.92. The molecule has 1 atom stereocenters. The second kappa shape index (κ2) is 7.39. The third kappa shape index (κ3) is 4.60. The van der Waals surface area contributed by atoms with Crippen molar-refractivity contribution in [2.24, 2.45) is 5.73 Å². The lowest BCUT2D eigenvalue weighted by Crippen LogP contribution is -2.30. The maximum absolute atomic E-state index is 12.7. The number of carbonyl (C=O) groups excluding carboxylic acids is 1. The fourth-order valence-corrected chi connectivity index (χ4v) is 2.14. The van der Waals surface area contributed by atoms with E-state index < -0.39 is 17.6 Å². The number of carbonyl (C=O) groups is 1. The van der Waals surface area contributed by atoms with Crippen molar-refractivity contribution in [3.05, 3.63) is 53.1 Å². The minimum absolute atomic E-state index is 0.122. The molecule has 25 heavy (non-hydrogen) atoms. The summed E-state index contributed by atoms with van der Waals surface area (Å²) in [5, 5.41) is 2.89. The molecule has 0 bridgehead atoms. The van der Waals surface area contributed by atoms with Gasteiger partial charge in [-0.15, -0.1) is 0 Å². The quantitative estimate of drug-likeness (QED) is 0.621. The van der Waals surface area contributed by atoms with Gasteiger partial charge in [-0.25, -0.2) is 4.98 Å². The van der Waals surface area contributed by atoms with E-state index in [0.29, 0.717) is 11.6 Å². The number of hydrazine groups is 1. The second-order valence-electron chi connectivity index (χ2n) is 5.33. The number of rotatable bonds is 5. The third-order valence-electron chi connectivity index (χ3n) is 3.41. The number of anilines is 2. The van der Waals surface area contributed by atoms with Gasteiger partial charge in [0, 0.05) is 24.2 Å². The summed E-state index contributed by atoms with van der Waals surface area (Å²) in [6.45, 7) is 1.81. The van der Waals surface area contributed by atoms with E-state index in [-0.39, 0.29) is 11.6 Å². The van der Waals surface area contributed by atoms with Gasteiger partial charge < -0.3 is 11.1 Å². The van der Waals surface area contributed by atoms with E-state index in [4.69, 9.17) is 5.73 Å². The van der Waals surface area contributed by atoms with Gasteiger partial charge in [-0.3, -0.25) is 15.6 Å². The standard InChI is InChI=1S/C16H18F3N5O/c1-9(20)12-6-7-13(22-14(12)21-2)23-24-15(25)10-4-3-5-11(8-10)16(17,18)19/h3-9H,20H2,1-2H3,(H,24,25)(H2,21,22,23). The number of aromatic nitrogens is 1. The first kappa shape index (κ1) is 18.5. The molecule has 1 aromatic heterocycles. The number of pyridine rings is 1. The van der Waals surface area contributed by atoms with E-state index in [0.717, 1.165) is 17.7 Å². The van der Waals surface area contributed by atoms with Crippen LogP contribution in [0.2, 0.25) is 0 Å². The number of halogens is 3. The molecule has 1 aromatic carbocycles. The zero-order valence-electron chi connectivity index (χ0n) is 13.6. The molecule has 9 heteroatoms. The Balaban J connectivity index is 2.10. The summed E-state index contributed by atoms with van der Waals surface area (Å²) in [6.07, 6.45) is -4.51.